The van der Waals surface area contributed by atoms with Gasteiger partial charge >= 0.3 is 0 Å². The van der Waals surface area contributed by atoms with Crippen molar-refractivity contribution in [3.8, 4) is 5.88 Å². The van der Waals surface area contributed by atoms with Gasteiger partial charge in [-0.3, -0.25) is 9.59 Å². The maximum atomic E-state index is 12.3. The summed E-state index contributed by atoms with van der Waals surface area (Å²) >= 11 is 0. The first-order valence-corrected chi connectivity index (χ1v) is 7.79. The van der Waals surface area contributed by atoms with E-state index in [2.05, 4.69) is 15.5 Å². The van der Waals surface area contributed by atoms with E-state index in [0.717, 1.165) is 12.2 Å². The van der Waals surface area contributed by atoms with Crippen molar-refractivity contribution in [2.45, 2.75) is 31.4 Å². The highest BCUT2D eigenvalue weighted by Crippen LogP contribution is 2.19. The van der Waals surface area contributed by atoms with Crippen LogP contribution in [0.3, 0.4) is 0 Å². The Morgan fingerprint density at radius 3 is 2.78 bits per heavy atom. The van der Waals surface area contributed by atoms with Crippen molar-refractivity contribution in [3.05, 3.63) is 12.1 Å². The molecule has 2 atom stereocenters. The lowest BCUT2D eigenvalue weighted by Gasteiger charge is -2.20. The molecule has 2 fully saturated rings. The quantitative estimate of drug-likeness (QED) is 0.827. The number of carbonyl (C=O) groups is 2. The molecule has 3 rings (SSSR count). The van der Waals surface area contributed by atoms with E-state index in [1.165, 1.54) is 0 Å². The first kappa shape index (κ1) is 15.5. The minimum absolute atomic E-state index is 0.0176. The van der Waals surface area contributed by atoms with Crippen molar-refractivity contribution in [1.29, 1.82) is 0 Å². The summed E-state index contributed by atoms with van der Waals surface area (Å²) in [7, 11) is 3.79. The monoisotopic (exact) mass is 319 g/mol. The number of hydrogen-bond acceptors (Lipinski definition) is 6. The first-order chi connectivity index (χ1) is 11.0. The van der Waals surface area contributed by atoms with E-state index in [9.17, 15) is 9.59 Å². The summed E-state index contributed by atoms with van der Waals surface area (Å²) in [6.45, 7) is 1.15. The van der Waals surface area contributed by atoms with E-state index < -0.39 is 0 Å². The SMILES string of the molecule is CN(C)c1ccc(O[C@@H]2CCN(C(=O)[C@@H]3CCC(=O)N3)C2)nn1. The lowest BCUT2D eigenvalue weighted by atomic mass is 10.2. The highest BCUT2D eigenvalue weighted by Gasteiger charge is 2.35. The zero-order valence-electron chi connectivity index (χ0n) is 13.4. The average molecular weight is 319 g/mol. The molecule has 0 radical (unpaired) electrons. The molecule has 0 spiro atoms. The average Bonchev–Trinajstić information content (AvgIpc) is 3.16. The first-order valence-electron chi connectivity index (χ1n) is 7.79. The molecule has 2 aliphatic heterocycles. The van der Waals surface area contributed by atoms with Gasteiger partial charge < -0.3 is 19.9 Å². The Hall–Kier alpha value is -2.38. The van der Waals surface area contributed by atoms with Gasteiger partial charge in [-0.05, 0) is 12.5 Å². The number of nitrogens with one attached hydrogen (secondary N) is 1. The van der Waals surface area contributed by atoms with Crippen LogP contribution in [0.1, 0.15) is 19.3 Å². The third-order valence-electron chi connectivity index (χ3n) is 4.12. The van der Waals surface area contributed by atoms with Gasteiger partial charge in [0.1, 0.15) is 12.1 Å². The molecular formula is C15H21N5O3. The van der Waals surface area contributed by atoms with Crippen LogP contribution in [0.4, 0.5) is 5.82 Å². The fourth-order valence-electron chi connectivity index (χ4n) is 2.83. The second-order valence-corrected chi connectivity index (χ2v) is 6.10. The van der Waals surface area contributed by atoms with Crippen LogP contribution < -0.4 is 15.0 Å². The predicted octanol–water partition coefficient (Wildman–Crippen LogP) is -0.199. The summed E-state index contributed by atoms with van der Waals surface area (Å²) in [4.78, 5) is 27.2. The number of amides is 2. The number of aromatic nitrogens is 2. The highest BCUT2D eigenvalue weighted by molar-refractivity contribution is 5.90. The number of anilines is 1. The molecule has 2 saturated heterocycles. The van der Waals surface area contributed by atoms with Gasteiger partial charge in [0.05, 0.1) is 6.54 Å². The molecule has 0 aromatic carbocycles. The molecule has 0 unspecified atom stereocenters. The molecule has 3 heterocycles. The van der Waals surface area contributed by atoms with E-state index >= 15 is 0 Å². The van der Waals surface area contributed by atoms with E-state index in [1.54, 1.807) is 11.0 Å². The summed E-state index contributed by atoms with van der Waals surface area (Å²) in [6, 6.07) is 3.25. The lowest BCUT2D eigenvalue weighted by Crippen LogP contribution is -2.44. The Morgan fingerprint density at radius 1 is 1.35 bits per heavy atom. The topological polar surface area (TPSA) is 87.7 Å². The van der Waals surface area contributed by atoms with Crippen LogP contribution in [0.25, 0.3) is 0 Å². The van der Waals surface area contributed by atoms with Crippen LogP contribution in [0, 0.1) is 0 Å². The highest BCUT2D eigenvalue weighted by atomic mass is 16.5. The van der Waals surface area contributed by atoms with Crippen LogP contribution in [0.5, 0.6) is 5.88 Å². The van der Waals surface area contributed by atoms with Crippen molar-refractivity contribution in [1.82, 2.24) is 20.4 Å². The largest absolute Gasteiger partial charge is 0.471 e. The van der Waals surface area contributed by atoms with Crippen LogP contribution in [0.2, 0.25) is 0 Å². The smallest absolute Gasteiger partial charge is 0.245 e. The van der Waals surface area contributed by atoms with Crippen LogP contribution in [-0.4, -0.2) is 66.2 Å². The summed E-state index contributed by atoms with van der Waals surface area (Å²) in [5.74, 6) is 1.16. The van der Waals surface area contributed by atoms with Crippen LogP contribution in [0.15, 0.2) is 12.1 Å². The van der Waals surface area contributed by atoms with Gasteiger partial charge in [0, 0.05) is 39.5 Å². The van der Waals surface area contributed by atoms with Crippen molar-refractivity contribution in [2.24, 2.45) is 0 Å². The number of ether oxygens (including phenoxy) is 1. The number of rotatable bonds is 4. The normalized spacial score (nSPS) is 23.7. The summed E-state index contributed by atoms with van der Waals surface area (Å²) in [6.07, 6.45) is 1.68. The maximum absolute atomic E-state index is 12.3. The second-order valence-electron chi connectivity index (χ2n) is 6.10. The van der Waals surface area contributed by atoms with Gasteiger partial charge in [-0.15, -0.1) is 10.2 Å². The van der Waals surface area contributed by atoms with E-state index in [-0.39, 0.29) is 24.0 Å². The molecule has 23 heavy (non-hydrogen) atoms. The standard InChI is InChI=1S/C15H21N5O3/c1-19(2)12-4-6-14(18-17-12)23-10-7-8-20(9-10)15(22)11-3-5-13(21)16-11/h4,6,10-11H,3,5,7-9H2,1-2H3,(H,16,21)/t10-,11+/m1/s1. The molecule has 8 nitrogen and oxygen atoms in total. The summed E-state index contributed by atoms with van der Waals surface area (Å²) < 4.78 is 5.80. The molecule has 0 saturated carbocycles. The van der Waals surface area contributed by atoms with Crippen molar-refractivity contribution < 1.29 is 14.3 Å². The van der Waals surface area contributed by atoms with Crippen molar-refractivity contribution >= 4 is 17.6 Å². The zero-order chi connectivity index (χ0) is 16.4. The van der Waals surface area contributed by atoms with Gasteiger partial charge in [-0.1, -0.05) is 0 Å². The zero-order valence-corrected chi connectivity index (χ0v) is 13.4. The Kier molecular flexibility index (Phi) is 4.31. The van der Waals surface area contributed by atoms with Crippen molar-refractivity contribution in [3.63, 3.8) is 0 Å². The Bertz CT molecular complexity index is 589. The molecule has 2 aliphatic rings. The van der Waals surface area contributed by atoms with E-state index in [4.69, 9.17) is 4.74 Å². The van der Waals surface area contributed by atoms with Gasteiger partial charge in [-0.25, -0.2) is 0 Å². The molecule has 2 amide bonds. The Balaban J connectivity index is 1.53. The number of nitrogens with zero attached hydrogens (tertiary/aromatic N) is 4. The predicted molar refractivity (Wildman–Crippen MR) is 83.1 cm³/mol. The lowest BCUT2D eigenvalue weighted by molar-refractivity contribution is -0.133. The van der Waals surface area contributed by atoms with Crippen LogP contribution in [-0.2, 0) is 9.59 Å². The van der Waals surface area contributed by atoms with E-state index in [1.807, 2.05) is 25.1 Å². The third kappa shape index (κ3) is 3.52. The molecule has 0 bridgehead atoms. The fourth-order valence-corrected chi connectivity index (χ4v) is 2.83. The van der Waals surface area contributed by atoms with Crippen molar-refractivity contribution in [2.75, 3.05) is 32.1 Å². The molecule has 1 aromatic rings. The molecule has 124 valence electrons. The van der Waals surface area contributed by atoms with Gasteiger partial charge in [-0.2, -0.15) is 0 Å². The second kappa shape index (κ2) is 6.39. The van der Waals surface area contributed by atoms with Gasteiger partial charge in [0.2, 0.25) is 17.7 Å². The fraction of sp³-hybridized carbons (Fsp3) is 0.600. The molecule has 1 N–H and O–H groups in total. The van der Waals surface area contributed by atoms with Gasteiger partial charge in [0.15, 0.2) is 5.82 Å². The third-order valence-corrected chi connectivity index (χ3v) is 4.12. The van der Waals surface area contributed by atoms with E-state index in [0.29, 0.717) is 31.8 Å². The maximum Gasteiger partial charge on any atom is 0.245 e. The Morgan fingerprint density at radius 2 is 2.17 bits per heavy atom. The summed E-state index contributed by atoms with van der Waals surface area (Å²) in [5.41, 5.74) is 0. The summed E-state index contributed by atoms with van der Waals surface area (Å²) in [5, 5.41) is 10.8. The molecule has 8 heteroatoms. The minimum atomic E-state index is -0.375. The van der Waals surface area contributed by atoms with Gasteiger partial charge in [0.25, 0.3) is 0 Å². The number of likely N-dealkylation sites (tertiary alicyclic amines) is 1. The Labute approximate surface area is 134 Å². The molecular weight excluding hydrogens is 298 g/mol. The minimum Gasteiger partial charge on any atom is -0.471 e. The number of hydrogen-bond donors (Lipinski definition) is 1. The molecule has 1 aromatic heterocycles. The van der Waals surface area contributed by atoms with Crippen LogP contribution >= 0.6 is 0 Å². The molecule has 0 aliphatic carbocycles. The number of carbonyl (C=O) groups excluding carboxylic acids is 2.